The Bertz CT molecular complexity index is 590. The van der Waals surface area contributed by atoms with Gasteiger partial charge in [0.25, 0.3) is 0 Å². The van der Waals surface area contributed by atoms with Crippen LogP contribution in [0.4, 0.5) is 17.1 Å². The van der Waals surface area contributed by atoms with Crippen LogP contribution >= 0.6 is 34.2 Å². The molecule has 0 spiro atoms. The molecule has 1 aliphatic rings. The summed E-state index contributed by atoms with van der Waals surface area (Å²) in [5, 5.41) is 12.6. The van der Waals surface area contributed by atoms with Crippen LogP contribution in [0.15, 0.2) is 41.3 Å². The molecule has 3 rings (SSSR count). The first-order valence-electron chi connectivity index (χ1n) is 5.52. The van der Waals surface area contributed by atoms with Crippen LogP contribution in [0, 0.1) is 6.92 Å². The predicted molar refractivity (Wildman–Crippen MR) is 86.9 cm³/mol. The summed E-state index contributed by atoms with van der Waals surface area (Å²) >= 11 is 0. The summed E-state index contributed by atoms with van der Waals surface area (Å²) in [5.74, 6) is 0.279. The van der Waals surface area contributed by atoms with Crippen molar-refractivity contribution in [1.29, 1.82) is 0 Å². The van der Waals surface area contributed by atoms with Gasteiger partial charge in [0.1, 0.15) is 5.75 Å². The van der Waals surface area contributed by atoms with Crippen molar-refractivity contribution >= 4 is 51.2 Å². The van der Waals surface area contributed by atoms with Gasteiger partial charge in [-0.05, 0) is 59.7 Å². The molecule has 0 fully saturated rings. The number of halogens is 1. The van der Waals surface area contributed by atoms with E-state index in [2.05, 4.69) is 29.1 Å². The molecular weight excluding hydrogens is 300 g/mol. The molecule has 0 saturated carbocycles. The van der Waals surface area contributed by atoms with Gasteiger partial charge in [-0.25, -0.2) is 0 Å². The zero-order chi connectivity index (χ0) is 12.5. The van der Waals surface area contributed by atoms with E-state index in [-0.39, 0.29) is 18.2 Å². The molecule has 6 heteroatoms. The molecule has 0 aliphatic carbocycles. The van der Waals surface area contributed by atoms with Crippen molar-refractivity contribution in [2.24, 2.45) is 0 Å². The third-order valence-corrected chi connectivity index (χ3v) is 4.64. The van der Waals surface area contributed by atoms with Gasteiger partial charge in [-0.3, -0.25) is 0 Å². The number of anilines is 3. The van der Waals surface area contributed by atoms with Crippen LogP contribution in [0.1, 0.15) is 5.56 Å². The van der Waals surface area contributed by atoms with Gasteiger partial charge in [0, 0.05) is 27.3 Å². The highest BCUT2D eigenvalue weighted by atomic mass is 35.5. The molecule has 0 unspecified atom stereocenters. The van der Waals surface area contributed by atoms with Gasteiger partial charge in [-0.15, -0.1) is 12.4 Å². The van der Waals surface area contributed by atoms with Gasteiger partial charge >= 0.3 is 0 Å². The molecular formula is C13H13ClN2OS2. The Morgan fingerprint density at radius 1 is 1.11 bits per heavy atom. The second-order valence-electron chi connectivity index (χ2n) is 4.11. The minimum absolute atomic E-state index is 0. The zero-order valence-electron chi connectivity index (χ0n) is 10.1. The summed E-state index contributed by atoms with van der Waals surface area (Å²) in [7, 11) is 3.37. The summed E-state index contributed by atoms with van der Waals surface area (Å²) in [4.78, 5) is 1.25. The monoisotopic (exact) mass is 312 g/mol. The molecule has 1 aliphatic heterocycles. The van der Waals surface area contributed by atoms with E-state index in [0.29, 0.717) is 0 Å². The number of phenolic OH excluding ortho intramolecular Hbond substituents is 1. The van der Waals surface area contributed by atoms with Crippen molar-refractivity contribution < 1.29 is 5.11 Å². The molecule has 0 aromatic heterocycles. The average Bonchev–Trinajstić information content (AvgIpc) is 2.81. The maximum atomic E-state index is 9.25. The average molecular weight is 313 g/mol. The lowest BCUT2D eigenvalue weighted by Gasteiger charge is -2.10. The van der Waals surface area contributed by atoms with Crippen molar-refractivity contribution in [2.45, 2.75) is 11.8 Å². The summed E-state index contributed by atoms with van der Waals surface area (Å²) in [5.41, 5.74) is 4.47. The number of fused-ring (bicyclic) bond motifs is 1. The van der Waals surface area contributed by atoms with Crippen molar-refractivity contribution in [3.05, 3.63) is 42.0 Å². The number of hydrogen-bond donors (Lipinski definition) is 3. The number of benzene rings is 2. The van der Waals surface area contributed by atoms with Gasteiger partial charge in [-0.1, -0.05) is 0 Å². The van der Waals surface area contributed by atoms with E-state index in [1.54, 1.807) is 33.9 Å². The standard InChI is InChI=1S/C13H12N2OS2.ClH/c1-8-6-10(7-12-13(8)15-18-17-12)14-9-2-4-11(16)5-3-9;/h2-7,14-16H,1H3;1H. The third kappa shape index (κ3) is 3.05. The quantitative estimate of drug-likeness (QED) is 0.416. The molecule has 0 radical (unpaired) electrons. The Hall–Kier alpha value is -1.17. The highest BCUT2D eigenvalue weighted by molar-refractivity contribution is 8.77. The lowest BCUT2D eigenvalue weighted by Crippen LogP contribution is -1.92. The minimum atomic E-state index is 0. The molecule has 3 N–H and O–H groups in total. The molecule has 1 heterocycles. The van der Waals surface area contributed by atoms with E-state index < -0.39 is 0 Å². The van der Waals surface area contributed by atoms with Crippen LogP contribution in [-0.2, 0) is 0 Å². The lowest BCUT2D eigenvalue weighted by molar-refractivity contribution is 0.475. The van der Waals surface area contributed by atoms with Crippen molar-refractivity contribution in [3.63, 3.8) is 0 Å². The summed E-state index contributed by atoms with van der Waals surface area (Å²) in [6.45, 7) is 2.10. The molecule has 100 valence electrons. The van der Waals surface area contributed by atoms with E-state index >= 15 is 0 Å². The molecule has 0 amide bonds. The second kappa shape index (κ2) is 5.86. The fourth-order valence-corrected chi connectivity index (χ4v) is 3.90. The van der Waals surface area contributed by atoms with E-state index in [9.17, 15) is 5.11 Å². The lowest BCUT2D eigenvalue weighted by atomic mass is 10.1. The Kier molecular flexibility index (Phi) is 4.39. The highest BCUT2D eigenvalue weighted by Gasteiger charge is 2.15. The van der Waals surface area contributed by atoms with E-state index in [1.165, 1.54) is 16.1 Å². The first-order chi connectivity index (χ1) is 8.72. The normalized spacial score (nSPS) is 12.3. The largest absolute Gasteiger partial charge is 0.508 e. The highest BCUT2D eigenvalue weighted by Crippen LogP contribution is 2.47. The smallest absolute Gasteiger partial charge is 0.115 e. The Morgan fingerprint density at radius 2 is 1.84 bits per heavy atom. The zero-order valence-corrected chi connectivity index (χ0v) is 12.6. The van der Waals surface area contributed by atoms with E-state index in [4.69, 9.17) is 0 Å². The Balaban J connectivity index is 0.00000133. The van der Waals surface area contributed by atoms with Crippen molar-refractivity contribution in [2.75, 3.05) is 10.0 Å². The van der Waals surface area contributed by atoms with Crippen LogP contribution in [0.3, 0.4) is 0 Å². The van der Waals surface area contributed by atoms with Crippen molar-refractivity contribution in [1.82, 2.24) is 0 Å². The number of aryl methyl sites for hydroxylation is 1. The molecule has 2 aromatic carbocycles. The number of rotatable bonds is 2. The topological polar surface area (TPSA) is 44.3 Å². The summed E-state index contributed by atoms with van der Waals surface area (Å²) in [6.07, 6.45) is 0. The van der Waals surface area contributed by atoms with Gasteiger partial charge in [0.15, 0.2) is 0 Å². The summed E-state index contributed by atoms with van der Waals surface area (Å²) in [6, 6.07) is 11.3. The minimum Gasteiger partial charge on any atom is -0.508 e. The van der Waals surface area contributed by atoms with Gasteiger partial charge in [0.05, 0.1) is 5.69 Å². The van der Waals surface area contributed by atoms with E-state index in [0.717, 1.165) is 11.4 Å². The molecule has 0 atom stereocenters. The third-order valence-electron chi connectivity index (χ3n) is 2.73. The van der Waals surface area contributed by atoms with Crippen LogP contribution in [0.25, 0.3) is 0 Å². The fourth-order valence-electron chi connectivity index (χ4n) is 1.84. The number of aromatic hydroxyl groups is 1. The van der Waals surface area contributed by atoms with Crippen molar-refractivity contribution in [3.8, 4) is 5.75 Å². The molecule has 19 heavy (non-hydrogen) atoms. The molecule has 0 bridgehead atoms. The maximum Gasteiger partial charge on any atom is 0.115 e. The van der Waals surface area contributed by atoms with E-state index in [1.807, 2.05) is 12.1 Å². The van der Waals surface area contributed by atoms with Crippen LogP contribution in [-0.4, -0.2) is 5.11 Å². The Labute approximate surface area is 126 Å². The predicted octanol–water partition coefficient (Wildman–Crippen LogP) is 4.95. The number of nitrogens with one attached hydrogen (secondary N) is 2. The van der Waals surface area contributed by atoms with Crippen LogP contribution in [0.5, 0.6) is 5.75 Å². The molecule has 2 aromatic rings. The van der Waals surface area contributed by atoms with Crippen LogP contribution in [0.2, 0.25) is 0 Å². The van der Waals surface area contributed by atoms with Gasteiger partial charge < -0.3 is 15.1 Å². The van der Waals surface area contributed by atoms with Crippen LogP contribution < -0.4 is 10.0 Å². The SMILES string of the molecule is Cc1cc(Nc2ccc(O)cc2)cc2c1NSS2.Cl. The van der Waals surface area contributed by atoms with Gasteiger partial charge in [-0.2, -0.15) is 0 Å². The number of hydrogen-bond acceptors (Lipinski definition) is 5. The van der Waals surface area contributed by atoms with Gasteiger partial charge in [0.2, 0.25) is 0 Å². The number of phenols is 1. The molecule has 3 nitrogen and oxygen atoms in total. The maximum absolute atomic E-state index is 9.25. The summed E-state index contributed by atoms with van der Waals surface area (Å²) < 4.78 is 3.29. The fraction of sp³-hybridized carbons (Fsp3) is 0.0769. The first kappa shape index (κ1) is 14.2. The first-order valence-corrected chi connectivity index (χ1v) is 7.67. The Morgan fingerprint density at radius 3 is 2.58 bits per heavy atom. The molecule has 0 saturated heterocycles. The second-order valence-corrected chi connectivity index (χ2v) is 6.08.